The third kappa shape index (κ3) is 4.39. The molecule has 1 aromatic heterocycles. The van der Waals surface area contributed by atoms with Crippen molar-refractivity contribution in [2.24, 2.45) is 5.41 Å². The number of nitrogens with zero attached hydrogens (tertiary/aromatic N) is 1. The number of piperidine rings is 1. The molecule has 5 rings (SSSR count). The van der Waals surface area contributed by atoms with Gasteiger partial charge in [-0.2, -0.15) is 0 Å². The Bertz CT molecular complexity index is 1160. The molecule has 5 nitrogen and oxygen atoms in total. The fourth-order valence-electron chi connectivity index (χ4n) is 5.93. The second kappa shape index (κ2) is 9.20. The van der Waals surface area contributed by atoms with Gasteiger partial charge in [0.05, 0.1) is 12.1 Å². The molecule has 34 heavy (non-hydrogen) atoms. The molecule has 3 aromatic rings. The van der Waals surface area contributed by atoms with Crippen LogP contribution in [0.15, 0.2) is 54.6 Å². The average molecular weight is 461 g/mol. The number of rotatable bonds is 5. The monoisotopic (exact) mass is 460 g/mol. The first-order valence-electron chi connectivity index (χ1n) is 12.6. The van der Waals surface area contributed by atoms with Crippen LogP contribution >= 0.6 is 0 Å². The van der Waals surface area contributed by atoms with Gasteiger partial charge in [-0.1, -0.05) is 48.5 Å². The van der Waals surface area contributed by atoms with Crippen LogP contribution in [-0.4, -0.2) is 29.4 Å². The summed E-state index contributed by atoms with van der Waals surface area (Å²) in [6, 6.07) is 18.9. The lowest BCUT2D eigenvalue weighted by Crippen LogP contribution is -2.47. The third-order valence-electron chi connectivity index (χ3n) is 7.41. The largest absolute Gasteiger partial charge is 0.443 e. The van der Waals surface area contributed by atoms with Crippen LogP contribution in [0, 0.1) is 5.41 Å². The quantitative estimate of drug-likeness (QED) is 0.448. The number of para-hydroxylation sites is 1. The number of carbonyl (C=O) groups is 1. The predicted octanol–water partition coefficient (Wildman–Crippen LogP) is 6.39. The molecule has 0 spiro atoms. The van der Waals surface area contributed by atoms with Crippen molar-refractivity contribution in [2.45, 2.75) is 71.1 Å². The van der Waals surface area contributed by atoms with Crippen LogP contribution in [-0.2, 0) is 22.5 Å². The van der Waals surface area contributed by atoms with E-state index in [9.17, 15) is 4.79 Å². The first kappa shape index (κ1) is 23.1. The molecule has 1 saturated heterocycles. The van der Waals surface area contributed by atoms with Crippen molar-refractivity contribution in [2.75, 3.05) is 13.2 Å². The molecule has 5 heteroatoms. The minimum absolute atomic E-state index is 0.144. The molecule has 1 aliphatic heterocycles. The Balaban J connectivity index is 1.45. The van der Waals surface area contributed by atoms with Crippen molar-refractivity contribution < 1.29 is 14.3 Å². The number of hydrogen-bond donors (Lipinski definition) is 1. The summed E-state index contributed by atoms with van der Waals surface area (Å²) in [7, 11) is 0. The highest BCUT2D eigenvalue weighted by Gasteiger charge is 2.47. The van der Waals surface area contributed by atoms with Gasteiger partial charge < -0.3 is 14.8 Å². The summed E-state index contributed by atoms with van der Waals surface area (Å²) in [5, 5.41) is 5.01. The summed E-state index contributed by atoms with van der Waals surface area (Å²) in [5.74, 6) is 0. The van der Waals surface area contributed by atoms with Gasteiger partial charge in [-0.05, 0) is 82.0 Å². The molecule has 2 aliphatic rings. The second-order valence-electron chi connectivity index (χ2n) is 10.8. The number of aromatic nitrogens is 1. The number of ether oxygens (including phenoxy) is 2. The maximum Gasteiger partial charge on any atom is 0.419 e. The Morgan fingerprint density at radius 2 is 1.85 bits per heavy atom. The Hall–Kier alpha value is -2.63. The predicted molar refractivity (Wildman–Crippen MR) is 135 cm³/mol. The van der Waals surface area contributed by atoms with Gasteiger partial charge in [-0.3, -0.25) is 0 Å². The van der Waals surface area contributed by atoms with Gasteiger partial charge in [0, 0.05) is 23.7 Å². The van der Waals surface area contributed by atoms with E-state index in [0.717, 1.165) is 49.0 Å². The van der Waals surface area contributed by atoms with E-state index in [1.807, 2.05) is 43.5 Å². The molecule has 0 unspecified atom stereocenters. The number of carbonyl (C=O) groups excluding carboxylic acids is 1. The zero-order valence-corrected chi connectivity index (χ0v) is 20.6. The van der Waals surface area contributed by atoms with Crippen LogP contribution in [0.3, 0.4) is 0 Å². The van der Waals surface area contributed by atoms with E-state index < -0.39 is 5.60 Å². The SMILES string of the molecule is CC(C)(C)OC(=O)n1c2c(c3ccccc31)[C@H]1NCCC[C@]1(CCOCc1ccccc1)CC2. The highest BCUT2D eigenvalue weighted by atomic mass is 16.6. The maximum atomic E-state index is 13.3. The number of benzene rings is 2. The highest BCUT2D eigenvalue weighted by molar-refractivity contribution is 5.94. The first-order valence-corrected chi connectivity index (χ1v) is 12.6. The standard InChI is InChI=1S/C29H36N2O3/c1-28(2,3)34-27(32)31-23-13-8-7-12-22(23)25-24(31)14-16-29(15-9-18-30-26(25)29)17-19-33-20-21-10-5-4-6-11-21/h4-8,10-13,26,30H,9,14-20H2,1-3H3/t26-,29-/m1/s1. The molecule has 180 valence electrons. The minimum Gasteiger partial charge on any atom is -0.443 e. The second-order valence-corrected chi connectivity index (χ2v) is 10.8. The zero-order chi connectivity index (χ0) is 23.8. The Morgan fingerprint density at radius 1 is 1.09 bits per heavy atom. The van der Waals surface area contributed by atoms with Crippen molar-refractivity contribution in [3.05, 3.63) is 71.4 Å². The summed E-state index contributed by atoms with van der Waals surface area (Å²) < 4.78 is 13.8. The number of hydrogen-bond acceptors (Lipinski definition) is 4. The summed E-state index contributed by atoms with van der Waals surface area (Å²) in [6.45, 7) is 8.17. The van der Waals surface area contributed by atoms with Crippen LogP contribution in [0.1, 0.15) is 69.3 Å². The minimum atomic E-state index is -0.535. The highest BCUT2D eigenvalue weighted by Crippen LogP contribution is 2.53. The molecular formula is C29H36N2O3. The Morgan fingerprint density at radius 3 is 2.65 bits per heavy atom. The van der Waals surface area contributed by atoms with Crippen molar-refractivity contribution in [1.29, 1.82) is 0 Å². The van der Waals surface area contributed by atoms with E-state index in [2.05, 4.69) is 41.7 Å². The van der Waals surface area contributed by atoms with Gasteiger partial charge in [0.25, 0.3) is 0 Å². The van der Waals surface area contributed by atoms with E-state index in [1.54, 1.807) is 0 Å². The molecule has 0 amide bonds. The van der Waals surface area contributed by atoms with Crippen molar-refractivity contribution in [3.8, 4) is 0 Å². The van der Waals surface area contributed by atoms with E-state index >= 15 is 0 Å². The van der Waals surface area contributed by atoms with Gasteiger partial charge in [0.1, 0.15) is 5.60 Å². The van der Waals surface area contributed by atoms with E-state index in [4.69, 9.17) is 9.47 Å². The van der Waals surface area contributed by atoms with Gasteiger partial charge >= 0.3 is 6.09 Å². The zero-order valence-electron chi connectivity index (χ0n) is 20.6. The molecule has 0 radical (unpaired) electrons. The molecular weight excluding hydrogens is 424 g/mol. The molecule has 1 fully saturated rings. The van der Waals surface area contributed by atoms with Crippen molar-refractivity contribution in [1.82, 2.24) is 9.88 Å². The summed E-state index contributed by atoms with van der Waals surface area (Å²) in [5.41, 5.74) is 4.17. The van der Waals surface area contributed by atoms with Crippen LogP contribution in [0.4, 0.5) is 4.79 Å². The van der Waals surface area contributed by atoms with E-state index in [-0.39, 0.29) is 17.6 Å². The van der Waals surface area contributed by atoms with Crippen LogP contribution in [0.25, 0.3) is 10.9 Å². The molecule has 2 atom stereocenters. The van der Waals surface area contributed by atoms with Crippen molar-refractivity contribution in [3.63, 3.8) is 0 Å². The molecule has 1 aliphatic carbocycles. The van der Waals surface area contributed by atoms with E-state index in [1.165, 1.54) is 24.0 Å². The van der Waals surface area contributed by atoms with Crippen LogP contribution < -0.4 is 5.32 Å². The fourth-order valence-corrected chi connectivity index (χ4v) is 5.93. The normalized spacial score (nSPS) is 22.3. The Kier molecular flexibility index (Phi) is 6.26. The first-order chi connectivity index (χ1) is 16.4. The van der Waals surface area contributed by atoms with Crippen molar-refractivity contribution >= 4 is 17.0 Å². The van der Waals surface area contributed by atoms with Gasteiger partial charge in [-0.25, -0.2) is 9.36 Å². The molecule has 0 saturated carbocycles. The Labute approximate surface area is 202 Å². The third-order valence-corrected chi connectivity index (χ3v) is 7.41. The molecule has 1 N–H and O–H groups in total. The van der Waals surface area contributed by atoms with Gasteiger partial charge in [-0.15, -0.1) is 0 Å². The average Bonchev–Trinajstić information content (AvgIpc) is 3.16. The van der Waals surface area contributed by atoms with Gasteiger partial charge in [0.15, 0.2) is 0 Å². The maximum absolute atomic E-state index is 13.3. The lowest BCUT2D eigenvalue weighted by Gasteiger charge is -2.48. The topological polar surface area (TPSA) is 52.5 Å². The van der Waals surface area contributed by atoms with E-state index in [0.29, 0.717) is 6.61 Å². The van der Waals surface area contributed by atoms with Crippen LogP contribution in [0.5, 0.6) is 0 Å². The summed E-state index contributed by atoms with van der Waals surface area (Å²) in [4.78, 5) is 13.3. The van der Waals surface area contributed by atoms with Gasteiger partial charge in [0.2, 0.25) is 0 Å². The lowest BCUT2D eigenvalue weighted by atomic mass is 9.63. The summed E-state index contributed by atoms with van der Waals surface area (Å²) >= 11 is 0. The molecule has 0 bridgehead atoms. The number of fused-ring (bicyclic) bond motifs is 5. The smallest absolute Gasteiger partial charge is 0.419 e. The van der Waals surface area contributed by atoms with Crippen LogP contribution in [0.2, 0.25) is 0 Å². The molecule has 2 heterocycles. The molecule has 2 aromatic carbocycles. The lowest BCUT2D eigenvalue weighted by molar-refractivity contribution is 0.0344. The fraction of sp³-hybridized carbons (Fsp3) is 0.483. The number of nitrogens with one attached hydrogen (secondary N) is 1. The summed E-state index contributed by atoms with van der Waals surface area (Å²) in [6.07, 6.45) is 5.02.